The molecule has 3 aromatic rings. The molecular weight excluding hydrogens is 387 g/mol. The van der Waals surface area contributed by atoms with E-state index in [0.29, 0.717) is 27.9 Å². The van der Waals surface area contributed by atoms with E-state index < -0.39 is 0 Å². The summed E-state index contributed by atoms with van der Waals surface area (Å²) >= 11 is 12.2. The number of carbonyl (C=O) groups is 1. The van der Waals surface area contributed by atoms with Crippen LogP contribution in [-0.4, -0.2) is 38.8 Å². The molecule has 1 unspecified atom stereocenters. The average Bonchev–Trinajstić information content (AvgIpc) is 3.03. The molecular formula is C18H18Cl2N6O. The van der Waals surface area contributed by atoms with Gasteiger partial charge < -0.3 is 10.6 Å². The predicted molar refractivity (Wildman–Crippen MR) is 105 cm³/mol. The number of nitrogens with zero attached hydrogens (tertiary/aromatic N) is 5. The highest BCUT2D eigenvalue weighted by atomic mass is 35.5. The monoisotopic (exact) mass is 404 g/mol. The maximum absolute atomic E-state index is 11.3. The normalized spacial score (nSPS) is 17.4. The van der Waals surface area contributed by atoms with Gasteiger partial charge in [0.25, 0.3) is 0 Å². The first-order chi connectivity index (χ1) is 13.0. The first kappa shape index (κ1) is 18.0. The molecule has 1 atom stereocenters. The number of amides is 1. The Balaban J connectivity index is 1.68. The summed E-state index contributed by atoms with van der Waals surface area (Å²) in [6.07, 6.45) is 2.40. The zero-order valence-electron chi connectivity index (χ0n) is 14.5. The van der Waals surface area contributed by atoms with Gasteiger partial charge in [-0.2, -0.15) is 4.52 Å². The Morgan fingerprint density at radius 3 is 2.70 bits per heavy atom. The number of primary amides is 1. The summed E-state index contributed by atoms with van der Waals surface area (Å²) in [6.45, 7) is 1.64. The number of halogens is 2. The highest BCUT2D eigenvalue weighted by molar-refractivity contribution is 6.35. The van der Waals surface area contributed by atoms with Gasteiger partial charge in [-0.25, -0.2) is 0 Å². The van der Waals surface area contributed by atoms with Crippen LogP contribution in [0.15, 0.2) is 30.3 Å². The number of piperidine rings is 1. The summed E-state index contributed by atoms with van der Waals surface area (Å²) in [5.74, 6) is 1.37. The van der Waals surface area contributed by atoms with Crippen molar-refractivity contribution in [2.75, 3.05) is 18.0 Å². The fourth-order valence-corrected chi connectivity index (χ4v) is 4.06. The zero-order valence-corrected chi connectivity index (χ0v) is 16.0. The predicted octanol–water partition coefficient (Wildman–Crippen LogP) is 3.19. The van der Waals surface area contributed by atoms with Gasteiger partial charge in [0.05, 0.1) is 0 Å². The van der Waals surface area contributed by atoms with Crippen molar-refractivity contribution in [2.24, 2.45) is 11.7 Å². The lowest BCUT2D eigenvalue weighted by atomic mass is 9.94. The largest absolute Gasteiger partial charge is 0.370 e. The van der Waals surface area contributed by atoms with Crippen molar-refractivity contribution in [1.29, 1.82) is 0 Å². The Hall–Kier alpha value is -2.38. The van der Waals surface area contributed by atoms with Gasteiger partial charge in [-0.15, -0.1) is 15.3 Å². The smallest absolute Gasteiger partial charge is 0.217 e. The lowest BCUT2D eigenvalue weighted by Crippen LogP contribution is -2.37. The molecule has 1 saturated heterocycles. The number of rotatable bonds is 4. The third-order valence-electron chi connectivity index (χ3n) is 4.70. The minimum atomic E-state index is -0.260. The van der Waals surface area contributed by atoms with E-state index in [1.54, 1.807) is 22.7 Å². The van der Waals surface area contributed by atoms with Crippen LogP contribution in [-0.2, 0) is 4.79 Å². The van der Waals surface area contributed by atoms with E-state index in [2.05, 4.69) is 15.1 Å². The van der Waals surface area contributed by atoms with Crippen molar-refractivity contribution in [2.45, 2.75) is 19.3 Å². The molecule has 2 aromatic heterocycles. The highest BCUT2D eigenvalue weighted by Gasteiger charge is 2.23. The van der Waals surface area contributed by atoms with Gasteiger partial charge >= 0.3 is 0 Å². The maximum Gasteiger partial charge on any atom is 0.217 e. The Morgan fingerprint density at radius 2 is 1.96 bits per heavy atom. The lowest BCUT2D eigenvalue weighted by Gasteiger charge is -2.33. The highest BCUT2D eigenvalue weighted by Crippen LogP contribution is 2.28. The third-order valence-corrected chi connectivity index (χ3v) is 5.14. The second-order valence-corrected chi connectivity index (χ2v) is 7.64. The van der Waals surface area contributed by atoms with Crippen molar-refractivity contribution in [3.63, 3.8) is 0 Å². The van der Waals surface area contributed by atoms with Gasteiger partial charge in [0, 0.05) is 35.1 Å². The molecule has 1 aromatic carbocycles. The topological polar surface area (TPSA) is 89.4 Å². The van der Waals surface area contributed by atoms with E-state index in [1.165, 1.54) is 0 Å². The minimum Gasteiger partial charge on any atom is -0.370 e. The number of benzene rings is 1. The summed E-state index contributed by atoms with van der Waals surface area (Å²) in [6, 6.07) is 9.03. The Morgan fingerprint density at radius 1 is 1.19 bits per heavy atom. The molecule has 27 heavy (non-hydrogen) atoms. The van der Waals surface area contributed by atoms with E-state index in [0.717, 1.165) is 37.3 Å². The fraction of sp³-hybridized carbons (Fsp3) is 0.333. The molecule has 9 heteroatoms. The van der Waals surface area contributed by atoms with E-state index in [9.17, 15) is 4.79 Å². The lowest BCUT2D eigenvalue weighted by molar-refractivity contribution is -0.118. The quantitative estimate of drug-likeness (QED) is 0.720. The van der Waals surface area contributed by atoms with Gasteiger partial charge in [-0.3, -0.25) is 4.79 Å². The van der Waals surface area contributed by atoms with Crippen LogP contribution in [0.2, 0.25) is 10.0 Å². The molecule has 0 spiro atoms. The van der Waals surface area contributed by atoms with Crippen LogP contribution in [0.3, 0.4) is 0 Å². The number of hydrogen-bond donors (Lipinski definition) is 1. The van der Waals surface area contributed by atoms with Gasteiger partial charge in [0.2, 0.25) is 5.91 Å². The third kappa shape index (κ3) is 3.84. The second kappa shape index (κ2) is 7.32. The molecule has 1 fully saturated rings. The van der Waals surface area contributed by atoms with Crippen LogP contribution in [0.4, 0.5) is 5.82 Å². The molecule has 3 heterocycles. The number of fused-ring (bicyclic) bond motifs is 1. The van der Waals surface area contributed by atoms with Crippen molar-refractivity contribution in [3.8, 4) is 11.4 Å². The van der Waals surface area contributed by atoms with Crippen LogP contribution in [0.1, 0.15) is 19.3 Å². The molecule has 7 nitrogen and oxygen atoms in total. The molecule has 1 aliphatic rings. The van der Waals surface area contributed by atoms with E-state index in [-0.39, 0.29) is 11.8 Å². The number of nitrogens with two attached hydrogens (primary N) is 1. The molecule has 1 amide bonds. The number of aromatic nitrogens is 4. The SMILES string of the molecule is NC(=O)CC1CCCN(c2ccc3nnc(-c4cc(Cl)cc(Cl)c4)n3n2)C1. The van der Waals surface area contributed by atoms with Crippen molar-refractivity contribution in [3.05, 3.63) is 40.4 Å². The van der Waals surface area contributed by atoms with Crippen LogP contribution in [0.25, 0.3) is 17.0 Å². The van der Waals surface area contributed by atoms with Gasteiger partial charge in [-0.05, 0) is 49.1 Å². The van der Waals surface area contributed by atoms with Crippen LogP contribution in [0, 0.1) is 5.92 Å². The van der Waals surface area contributed by atoms with Gasteiger partial charge in [0.1, 0.15) is 5.82 Å². The van der Waals surface area contributed by atoms with Crippen LogP contribution >= 0.6 is 23.2 Å². The zero-order chi connectivity index (χ0) is 19.0. The Bertz CT molecular complexity index is 984. The van der Waals surface area contributed by atoms with E-state index in [1.807, 2.05) is 12.1 Å². The fourth-order valence-electron chi connectivity index (χ4n) is 3.54. The molecule has 140 valence electrons. The molecule has 2 N–H and O–H groups in total. The molecule has 4 rings (SSSR count). The Labute approximate surface area is 166 Å². The Kier molecular flexibility index (Phi) is 4.88. The first-order valence-corrected chi connectivity index (χ1v) is 9.47. The standard InChI is InChI=1S/C18H18Cl2N6O/c19-13-7-12(8-14(20)9-13)18-23-22-16-3-4-17(24-26(16)18)25-5-1-2-11(10-25)6-15(21)27/h3-4,7-9,11H,1-2,5-6,10H2,(H2,21,27). The number of anilines is 1. The van der Waals surface area contributed by atoms with Crippen molar-refractivity contribution >= 4 is 40.6 Å². The average molecular weight is 405 g/mol. The first-order valence-electron chi connectivity index (χ1n) is 8.72. The summed E-state index contributed by atoms with van der Waals surface area (Å²) in [4.78, 5) is 13.4. The molecule has 0 saturated carbocycles. The summed E-state index contributed by atoms with van der Waals surface area (Å²) < 4.78 is 1.69. The maximum atomic E-state index is 11.3. The van der Waals surface area contributed by atoms with E-state index in [4.69, 9.17) is 34.0 Å². The molecule has 0 bridgehead atoms. The van der Waals surface area contributed by atoms with Crippen LogP contribution < -0.4 is 10.6 Å². The molecule has 0 radical (unpaired) electrons. The van der Waals surface area contributed by atoms with Crippen molar-refractivity contribution < 1.29 is 4.79 Å². The summed E-state index contributed by atoms with van der Waals surface area (Å²) in [7, 11) is 0. The number of hydrogen-bond acceptors (Lipinski definition) is 5. The summed E-state index contributed by atoms with van der Waals surface area (Å²) in [5, 5.41) is 14.2. The molecule has 1 aliphatic heterocycles. The van der Waals surface area contributed by atoms with Gasteiger partial charge in [-0.1, -0.05) is 23.2 Å². The van der Waals surface area contributed by atoms with Gasteiger partial charge in [0.15, 0.2) is 11.5 Å². The van der Waals surface area contributed by atoms with E-state index >= 15 is 0 Å². The van der Waals surface area contributed by atoms with Crippen LogP contribution in [0.5, 0.6) is 0 Å². The molecule has 0 aliphatic carbocycles. The minimum absolute atomic E-state index is 0.251. The van der Waals surface area contributed by atoms with Crippen molar-refractivity contribution in [1.82, 2.24) is 19.8 Å². The number of carbonyl (C=O) groups excluding carboxylic acids is 1. The summed E-state index contributed by atoms with van der Waals surface area (Å²) in [5.41, 5.74) is 6.74. The second-order valence-electron chi connectivity index (χ2n) is 6.77.